The monoisotopic (exact) mass is 814 g/mol. The van der Waals surface area contributed by atoms with E-state index in [1.54, 1.807) is 0 Å². The van der Waals surface area contributed by atoms with Gasteiger partial charge in [-0.2, -0.15) is 0 Å². The van der Waals surface area contributed by atoms with E-state index in [9.17, 15) is 0 Å². The molecule has 0 rings (SSSR count). The third-order valence-corrected chi connectivity index (χ3v) is 0. The van der Waals surface area contributed by atoms with Crippen LogP contribution in [0, 0.1) is 0 Å². The SMILES string of the molecule is CC(=O)[O-].CC(=O)[O-].O.O.O.O.[Pb+2].[Pb].[Pb]. The first-order chi connectivity index (χ1) is 3.46. The zero-order chi connectivity index (χ0) is 7.15. The van der Waals surface area contributed by atoms with Crippen molar-refractivity contribution < 1.29 is 41.7 Å². The molecule has 0 aromatic heterocycles. The number of carbonyl (C=O) groups is 2. The summed E-state index contributed by atoms with van der Waals surface area (Å²) in [6.07, 6.45) is 0. The standard InChI is InChI=1S/2C2H4O2.4H2O.3Pb/c2*1-2(3)4;;;;;;;/h2*1H3,(H,3,4);4*1H2;;;/q;;;;;;;;+2/p-2. The van der Waals surface area contributed by atoms with Crippen LogP contribution < -0.4 is 10.2 Å². The molecule has 0 aliphatic rings. The van der Waals surface area contributed by atoms with Crippen molar-refractivity contribution in [1.29, 1.82) is 0 Å². The van der Waals surface area contributed by atoms with Crippen LogP contribution in [-0.4, -0.2) is 116 Å². The van der Waals surface area contributed by atoms with Crippen LogP contribution >= 0.6 is 0 Å². The summed E-state index contributed by atoms with van der Waals surface area (Å²) in [7, 11) is 0. The first-order valence-electron chi connectivity index (χ1n) is 1.82. The van der Waals surface area contributed by atoms with E-state index in [1.165, 1.54) is 0 Å². The van der Waals surface area contributed by atoms with Gasteiger partial charge in [0.15, 0.2) is 0 Å². The van der Waals surface area contributed by atoms with E-state index in [2.05, 4.69) is 0 Å². The Morgan fingerprint density at radius 1 is 0.733 bits per heavy atom. The van der Waals surface area contributed by atoms with E-state index in [-0.39, 0.29) is 104 Å². The maximum absolute atomic E-state index is 8.89. The predicted molar refractivity (Wildman–Crippen MR) is 53.1 cm³/mol. The van der Waals surface area contributed by atoms with Crippen LogP contribution in [0.15, 0.2) is 0 Å². The average molecular weight is 812 g/mol. The first-order valence-corrected chi connectivity index (χ1v) is 1.82. The largest absolute Gasteiger partial charge is 2.00 e. The normalized spacial score (nSPS) is 3.33. The Hall–Kier alpha value is 1.55. The van der Waals surface area contributed by atoms with Gasteiger partial charge in [-0.05, 0) is 13.8 Å². The second-order valence-electron chi connectivity index (χ2n) is 0.983. The van der Waals surface area contributed by atoms with Gasteiger partial charge in [-0.1, -0.05) is 0 Å². The number of carboxylic acid groups (broad SMARTS) is 2. The van der Waals surface area contributed by atoms with Crippen LogP contribution in [0.2, 0.25) is 0 Å². The predicted octanol–water partition coefficient (Wildman–Crippen LogP) is -6.93. The maximum Gasteiger partial charge on any atom is 2.00 e. The quantitative estimate of drug-likeness (QED) is 0.219. The fraction of sp³-hybridized carbons (Fsp3) is 0.500. The van der Waals surface area contributed by atoms with Gasteiger partial charge in [0.25, 0.3) is 0 Å². The third-order valence-electron chi connectivity index (χ3n) is 0. The zero-order valence-electron chi connectivity index (χ0n) is 8.13. The Labute approximate surface area is 148 Å². The zero-order valence-corrected chi connectivity index (χ0v) is 19.8. The van der Waals surface area contributed by atoms with Crippen LogP contribution in [0.5, 0.6) is 0 Å². The summed E-state index contributed by atoms with van der Waals surface area (Å²) < 4.78 is 0. The van der Waals surface area contributed by atoms with Crippen LogP contribution in [-0.2, 0) is 9.59 Å². The minimum Gasteiger partial charge on any atom is -0.550 e. The number of hydrogen-bond donors (Lipinski definition) is 0. The minimum atomic E-state index is -1.08. The van der Waals surface area contributed by atoms with Gasteiger partial charge < -0.3 is 41.7 Å². The van der Waals surface area contributed by atoms with E-state index in [4.69, 9.17) is 19.8 Å². The van der Waals surface area contributed by atoms with E-state index in [0.29, 0.717) is 0 Å². The van der Waals surface area contributed by atoms with Gasteiger partial charge in [-0.15, -0.1) is 0 Å². The van der Waals surface area contributed by atoms with Gasteiger partial charge in [0.2, 0.25) is 0 Å². The molecule has 0 fully saturated rings. The topological polar surface area (TPSA) is 206 Å². The molecule has 8 nitrogen and oxygen atoms in total. The summed E-state index contributed by atoms with van der Waals surface area (Å²) in [6.45, 7) is 1.94. The fourth-order valence-electron chi connectivity index (χ4n) is 0. The molecular weight excluding hydrogens is 798 g/mol. The molecule has 0 saturated heterocycles. The molecule has 0 aliphatic carbocycles. The van der Waals surface area contributed by atoms with Crippen molar-refractivity contribution in [3.63, 3.8) is 0 Å². The van der Waals surface area contributed by atoms with Crippen molar-refractivity contribution in [2.75, 3.05) is 0 Å². The number of carbonyl (C=O) groups excluding carboxylic acids is 2. The molecule has 0 atom stereocenters. The Kier molecular flexibility index (Phi) is 270. The number of hydrogen-bond acceptors (Lipinski definition) is 4. The van der Waals surface area contributed by atoms with Crippen LogP contribution in [0.3, 0.4) is 0 Å². The molecule has 11 heteroatoms. The Bertz CT molecular complexity index is 79.9. The minimum absolute atomic E-state index is 0. The Morgan fingerprint density at radius 3 is 0.733 bits per heavy atom. The molecule has 0 bridgehead atoms. The molecule has 0 heterocycles. The second-order valence-corrected chi connectivity index (χ2v) is 0.983. The molecular formula is C4H14O8Pb3. The van der Waals surface area contributed by atoms with Gasteiger partial charge in [0.05, 0.1) is 0 Å². The summed E-state index contributed by atoms with van der Waals surface area (Å²) in [5, 5.41) is 17.8. The van der Waals surface area contributed by atoms with Crippen molar-refractivity contribution in [3.05, 3.63) is 0 Å². The molecule has 0 saturated carbocycles. The van der Waals surface area contributed by atoms with E-state index >= 15 is 0 Å². The fourth-order valence-corrected chi connectivity index (χ4v) is 0. The number of aliphatic carboxylic acids is 2. The number of carboxylic acids is 2. The van der Waals surface area contributed by atoms with Crippen LogP contribution in [0.1, 0.15) is 13.8 Å². The molecule has 0 aromatic carbocycles. The van der Waals surface area contributed by atoms with Crippen molar-refractivity contribution in [1.82, 2.24) is 0 Å². The Morgan fingerprint density at radius 2 is 0.733 bits per heavy atom. The van der Waals surface area contributed by atoms with Gasteiger partial charge >= 0.3 is 27.3 Å². The van der Waals surface area contributed by atoms with E-state index in [0.717, 1.165) is 13.8 Å². The molecule has 15 heavy (non-hydrogen) atoms. The Balaban J connectivity index is -0.00000000468. The second kappa shape index (κ2) is 57.8. The maximum atomic E-state index is 8.89. The van der Waals surface area contributed by atoms with Crippen molar-refractivity contribution in [2.45, 2.75) is 13.8 Å². The van der Waals surface area contributed by atoms with Gasteiger partial charge in [0, 0.05) is 66.5 Å². The van der Waals surface area contributed by atoms with Crippen LogP contribution in [0.25, 0.3) is 0 Å². The molecule has 0 unspecified atom stereocenters. The van der Waals surface area contributed by atoms with Gasteiger partial charge in [-0.25, -0.2) is 0 Å². The van der Waals surface area contributed by atoms with Gasteiger partial charge in [-0.3, -0.25) is 0 Å². The molecule has 0 aromatic rings. The van der Waals surface area contributed by atoms with E-state index < -0.39 is 11.9 Å². The summed E-state index contributed by atoms with van der Waals surface area (Å²) in [5.74, 6) is -2.17. The third kappa shape index (κ3) is 1190. The molecule has 0 aliphatic heterocycles. The summed E-state index contributed by atoms with van der Waals surface area (Å²) >= 11 is 0. The summed E-state index contributed by atoms with van der Waals surface area (Å²) in [6, 6.07) is 0. The number of rotatable bonds is 0. The average Bonchev–Trinajstić information content (AvgIpc) is 1.25. The van der Waals surface area contributed by atoms with Gasteiger partial charge in [0.1, 0.15) is 0 Å². The molecule has 10 radical (unpaired) electrons. The molecule has 0 spiro atoms. The summed E-state index contributed by atoms with van der Waals surface area (Å²) in [5.41, 5.74) is 0. The summed E-state index contributed by atoms with van der Waals surface area (Å²) in [4.78, 5) is 17.8. The first kappa shape index (κ1) is 70.2. The van der Waals surface area contributed by atoms with Crippen molar-refractivity contribution >= 4 is 93.8 Å². The molecule has 8 N–H and O–H groups in total. The van der Waals surface area contributed by atoms with Crippen molar-refractivity contribution in [2.24, 2.45) is 0 Å². The smallest absolute Gasteiger partial charge is 0.550 e. The van der Waals surface area contributed by atoms with Crippen LogP contribution in [0.4, 0.5) is 0 Å². The molecule has 90 valence electrons. The van der Waals surface area contributed by atoms with Crippen molar-refractivity contribution in [3.8, 4) is 0 Å². The van der Waals surface area contributed by atoms with E-state index in [1.807, 2.05) is 0 Å². The molecule has 0 amide bonds.